The zero-order valence-electron chi connectivity index (χ0n) is 21.3. The molecular weight excluding hydrogens is 558 g/mol. The van der Waals surface area contributed by atoms with Crippen molar-refractivity contribution >= 4 is 50.5 Å². The number of aromatic nitrogens is 4. The van der Waals surface area contributed by atoms with E-state index in [-0.39, 0.29) is 34.2 Å². The Morgan fingerprint density at radius 2 is 1.88 bits per heavy atom. The lowest BCUT2D eigenvalue weighted by Gasteiger charge is -2.17. The van der Waals surface area contributed by atoms with Crippen molar-refractivity contribution in [3.05, 3.63) is 66.0 Å². The first-order chi connectivity index (χ1) is 19.6. The van der Waals surface area contributed by atoms with Gasteiger partial charge in [-0.05, 0) is 29.8 Å². The summed E-state index contributed by atoms with van der Waals surface area (Å²) in [6, 6.07) is 13.2. The highest BCUT2D eigenvalue weighted by atomic mass is 32.2. The number of amides is 1. The number of aliphatic hydroxyl groups is 2. The molecule has 41 heavy (non-hydrogen) atoms. The minimum Gasteiger partial charge on any atom is -0.398 e. The number of benzene rings is 2. The summed E-state index contributed by atoms with van der Waals surface area (Å²) < 4.78 is 38.4. The molecule has 0 bridgehead atoms. The predicted octanol–water partition coefficient (Wildman–Crippen LogP) is -0.496. The van der Waals surface area contributed by atoms with E-state index in [2.05, 4.69) is 20.3 Å². The van der Waals surface area contributed by atoms with Gasteiger partial charge in [-0.15, -0.1) is 0 Å². The molecule has 0 spiro atoms. The van der Waals surface area contributed by atoms with Crippen LogP contribution >= 0.6 is 0 Å². The van der Waals surface area contributed by atoms with Gasteiger partial charge in [0.2, 0.25) is 5.95 Å². The maximum absolute atomic E-state index is 12.4. The van der Waals surface area contributed by atoms with E-state index in [0.717, 1.165) is 5.56 Å². The molecule has 4 aromatic rings. The highest BCUT2D eigenvalue weighted by Crippen LogP contribution is 2.33. The second kappa shape index (κ2) is 11.2. The van der Waals surface area contributed by atoms with E-state index in [0.29, 0.717) is 12.2 Å². The van der Waals surface area contributed by atoms with Crippen LogP contribution in [0.15, 0.2) is 54.9 Å². The standard InChI is InChI=1S/C24H27N9O7S/c25-9-12-4-3-5-13(8-12)29-24-30-20(27)17-21(31-24)33(11-28-17)23-19(35)18(34)16(40-23)10-39-41(37,38)32-22(36)14-6-1-2-7-15(14)26/h1-8,11,16,18-19,23,34-35H,9-10,25-26H2,(H,32,36)(H3,27,29,30,31)/t16-,18-,19-,23-/m1/s1. The van der Waals surface area contributed by atoms with Crippen molar-refractivity contribution in [3.8, 4) is 0 Å². The number of hydrogen-bond donors (Lipinski definition) is 7. The molecule has 0 aliphatic carbocycles. The number of anilines is 4. The van der Waals surface area contributed by atoms with E-state index in [9.17, 15) is 23.4 Å². The van der Waals surface area contributed by atoms with Crippen LogP contribution < -0.4 is 27.2 Å². The van der Waals surface area contributed by atoms with Crippen LogP contribution in [0, 0.1) is 0 Å². The van der Waals surface area contributed by atoms with Gasteiger partial charge < -0.3 is 37.5 Å². The Morgan fingerprint density at radius 3 is 2.63 bits per heavy atom. The van der Waals surface area contributed by atoms with Crippen LogP contribution in [0.2, 0.25) is 0 Å². The lowest BCUT2D eigenvalue weighted by Crippen LogP contribution is -2.38. The number of rotatable bonds is 9. The van der Waals surface area contributed by atoms with Gasteiger partial charge in [0.1, 0.15) is 23.8 Å². The molecule has 0 unspecified atom stereocenters. The summed E-state index contributed by atoms with van der Waals surface area (Å²) >= 11 is 0. The second-order valence-electron chi connectivity index (χ2n) is 9.09. The van der Waals surface area contributed by atoms with Gasteiger partial charge in [0, 0.05) is 17.9 Å². The predicted molar refractivity (Wildman–Crippen MR) is 146 cm³/mol. The molecule has 1 amide bonds. The third kappa shape index (κ3) is 5.89. The van der Waals surface area contributed by atoms with Crippen LogP contribution in [0.1, 0.15) is 22.1 Å². The molecule has 2 aromatic carbocycles. The molecule has 216 valence electrons. The zero-order chi connectivity index (χ0) is 29.3. The van der Waals surface area contributed by atoms with Crippen LogP contribution in [0.5, 0.6) is 0 Å². The number of imidazole rings is 1. The molecule has 1 fully saturated rings. The van der Waals surface area contributed by atoms with Crippen molar-refractivity contribution < 1.29 is 32.3 Å². The topological polar surface area (TPSA) is 256 Å². The van der Waals surface area contributed by atoms with Crippen molar-refractivity contribution in [3.63, 3.8) is 0 Å². The molecule has 1 saturated heterocycles. The summed E-state index contributed by atoms with van der Waals surface area (Å²) in [7, 11) is -4.63. The van der Waals surface area contributed by atoms with Gasteiger partial charge in [-0.3, -0.25) is 13.5 Å². The maximum Gasteiger partial charge on any atom is 0.362 e. The van der Waals surface area contributed by atoms with Crippen molar-refractivity contribution in [2.45, 2.75) is 31.1 Å². The quantitative estimate of drug-likeness (QED) is 0.122. The number of carbonyl (C=O) groups is 1. The number of nitrogen functional groups attached to an aromatic ring is 2. The molecule has 0 radical (unpaired) electrons. The Bertz CT molecular complexity index is 1700. The number of hydrogen-bond acceptors (Lipinski definition) is 14. The first-order valence-corrected chi connectivity index (χ1v) is 13.6. The fourth-order valence-corrected chi connectivity index (χ4v) is 4.95. The van der Waals surface area contributed by atoms with E-state index in [4.69, 9.17) is 26.1 Å². The first-order valence-electron chi connectivity index (χ1n) is 12.2. The lowest BCUT2D eigenvalue weighted by atomic mass is 10.1. The third-order valence-electron chi connectivity index (χ3n) is 6.29. The Balaban J connectivity index is 1.31. The van der Waals surface area contributed by atoms with Crippen LogP contribution in [0.25, 0.3) is 11.2 Å². The van der Waals surface area contributed by atoms with Crippen LogP contribution in [0.3, 0.4) is 0 Å². The second-order valence-corrected chi connectivity index (χ2v) is 10.4. The Hall–Kier alpha value is -4.39. The summed E-state index contributed by atoms with van der Waals surface area (Å²) in [4.78, 5) is 25.2. The van der Waals surface area contributed by atoms with Gasteiger partial charge in [-0.1, -0.05) is 24.3 Å². The van der Waals surface area contributed by atoms with Gasteiger partial charge in [0.05, 0.1) is 18.5 Å². The summed E-state index contributed by atoms with van der Waals surface area (Å²) in [5.74, 6) is -0.838. The van der Waals surface area contributed by atoms with Crippen molar-refractivity contribution in [2.75, 3.05) is 23.4 Å². The van der Waals surface area contributed by atoms with E-state index in [1.165, 1.54) is 29.1 Å². The highest BCUT2D eigenvalue weighted by Gasteiger charge is 2.45. The zero-order valence-corrected chi connectivity index (χ0v) is 22.1. The van der Waals surface area contributed by atoms with Crippen molar-refractivity contribution in [1.29, 1.82) is 0 Å². The van der Waals surface area contributed by atoms with Crippen molar-refractivity contribution in [2.24, 2.45) is 5.73 Å². The number of nitrogens with zero attached hydrogens (tertiary/aromatic N) is 4. The molecule has 1 aliphatic rings. The molecular formula is C24H27N9O7S. The Labute approximate surface area is 233 Å². The average molecular weight is 586 g/mol. The fraction of sp³-hybridized carbons (Fsp3) is 0.250. The van der Waals surface area contributed by atoms with E-state index < -0.39 is 47.4 Å². The molecule has 10 N–H and O–H groups in total. The molecule has 5 rings (SSSR count). The Kier molecular flexibility index (Phi) is 7.72. The van der Waals surface area contributed by atoms with E-state index in [1.54, 1.807) is 16.9 Å². The largest absolute Gasteiger partial charge is 0.398 e. The number of para-hydroxylation sites is 1. The fourth-order valence-electron chi connectivity index (χ4n) is 4.24. The number of fused-ring (bicyclic) bond motifs is 1. The summed E-state index contributed by atoms with van der Waals surface area (Å²) in [6.07, 6.45) is -4.36. The molecule has 3 heterocycles. The highest BCUT2D eigenvalue weighted by molar-refractivity contribution is 7.85. The van der Waals surface area contributed by atoms with E-state index >= 15 is 0 Å². The van der Waals surface area contributed by atoms with Gasteiger partial charge in [0.25, 0.3) is 5.91 Å². The van der Waals surface area contributed by atoms with Gasteiger partial charge in [0.15, 0.2) is 17.7 Å². The molecule has 0 saturated carbocycles. The molecule has 1 aliphatic heterocycles. The number of nitrogens with two attached hydrogens (primary N) is 3. The first kappa shape index (κ1) is 28.1. The third-order valence-corrected chi connectivity index (χ3v) is 7.17. The summed E-state index contributed by atoms with van der Waals surface area (Å²) in [6.45, 7) is -0.389. The normalized spacial score (nSPS) is 20.8. The van der Waals surface area contributed by atoms with Crippen LogP contribution in [-0.2, 0) is 25.8 Å². The smallest absolute Gasteiger partial charge is 0.362 e. The van der Waals surface area contributed by atoms with E-state index in [1.807, 2.05) is 18.2 Å². The van der Waals surface area contributed by atoms with Crippen LogP contribution in [0.4, 0.5) is 23.1 Å². The van der Waals surface area contributed by atoms with Crippen LogP contribution in [-0.4, -0.2) is 69.0 Å². The number of carbonyl (C=O) groups excluding carboxylic acids is 1. The molecule has 4 atom stereocenters. The maximum atomic E-state index is 12.4. The number of aliphatic hydroxyl groups excluding tert-OH is 2. The molecule has 16 nitrogen and oxygen atoms in total. The monoisotopic (exact) mass is 585 g/mol. The molecule has 17 heteroatoms. The van der Waals surface area contributed by atoms with Gasteiger partial charge in [-0.25, -0.2) is 9.71 Å². The van der Waals surface area contributed by atoms with Crippen molar-refractivity contribution in [1.82, 2.24) is 24.2 Å². The van der Waals surface area contributed by atoms with Gasteiger partial charge >= 0.3 is 10.3 Å². The minimum absolute atomic E-state index is 0.0417. The summed E-state index contributed by atoms with van der Waals surface area (Å²) in [5.41, 5.74) is 19.4. The Morgan fingerprint density at radius 1 is 1.10 bits per heavy atom. The number of nitrogens with one attached hydrogen (secondary N) is 2. The SMILES string of the molecule is NCc1cccc(Nc2nc(N)c3ncn([C@@H]4O[C@H](COS(=O)(=O)NC(=O)c5ccccc5N)[C@@H](O)[C@H]4O)c3n2)c1. The van der Waals surface area contributed by atoms with Gasteiger partial charge in [-0.2, -0.15) is 18.4 Å². The summed E-state index contributed by atoms with van der Waals surface area (Å²) in [5, 5.41) is 24.3. The molecule has 2 aromatic heterocycles. The average Bonchev–Trinajstić information content (AvgIpc) is 3.48. The number of ether oxygens (including phenoxy) is 1. The lowest BCUT2D eigenvalue weighted by molar-refractivity contribution is -0.0468. The minimum atomic E-state index is -4.63.